The lowest BCUT2D eigenvalue weighted by Crippen LogP contribution is -2.37. The van der Waals surface area contributed by atoms with E-state index in [0.29, 0.717) is 0 Å². The average molecular weight is 292 g/mol. The van der Waals surface area contributed by atoms with Crippen LogP contribution in [0.25, 0.3) is 0 Å². The van der Waals surface area contributed by atoms with Gasteiger partial charge in [0.05, 0.1) is 29.9 Å². The number of amides is 1. The van der Waals surface area contributed by atoms with Gasteiger partial charge in [-0.15, -0.1) is 0 Å². The van der Waals surface area contributed by atoms with Crippen LogP contribution in [0.1, 0.15) is 32.6 Å². The lowest BCUT2D eigenvalue weighted by atomic mass is 9.83. The molecule has 2 aliphatic heterocycles. The van der Waals surface area contributed by atoms with Gasteiger partial charge >= 0.3 is 0 Å². The van der Waals surface area contributed by atoms with Gasteiger partial charge in [0.15, 0.2) is 0 Å². The molecular formula is C15H24N4O2. The molecule has 6 nitrogen and oxygen atoms in total. The van der Waals surface area contributed by atoms with Gasteiger partial charge in [-0.05, 0) is 32.2 Å². The fourth-order valence-corrected chi connectivity index (χ4v) is 3.19. The zero-order valence-electron chi connectivity index (χ0n) is 12.6. The molecule has 2 unspecified atom stereocenters. The average Bonchev–Trinajstić information content (AvgIpc) is 3.21. The quantitative estimate of drug-likeness (QED) is 0.860. The number of aromatic nitrogens is 2. The number of anilines is 1. The van der Waals surface area contributed by atoms with E-state index in [4.69, 9.17) is 4.74 Å². The number of nitrogens with zero attached hydrogens (tertiary/aromatic N) is 2. The van der Waals surface area contributed by atoms with Crippen molar-refractivity contribution in [2.45, 2.75) is 45.3 Å². The first-order valence-corrected chi connectivity index (χ1v) is 7.88. The molecule has 0 radical (unpaired) electrons. The minimum absolute atomic E-state index is 0.103. The first-order chi connectivity index (χ1) is 10.2. The molecule has 0 bridgehead atoms. The molecule has 3 heterocycles. The molecular weight excluding hydrogens is 268 g/mol. The summed E-state index contributed by atoms with van der Waals surface area (Å²) in [5, 5.41) is 10.6. The number of hydrogen-bond donors (Lipinski definition) is 2. The Bertz CT molecular complexity index is 488. The van der Waals surface area contributed by atoms with Gasteiger partial charge < -0.3 is 15.4 Å². The first-order valence-electron chi connectivity index (χ1n) is 7.88. The van der Waals surface area contributed by atoms with Crippen LogP contribution in [0.4, 0.5) is 5.69 Å². The molecule has 3 rings (SSSR count). The van der Waals surface area contributed by atoms with Gasteiger partial charge in [0, 0.05) is 19.3 Å². The van der Waals surface area contributed by atoms with Crippen molar-refractivity contribution < 1.29 is 9.53 Å². The Balaban J connectivity index is 1.59. The van der Waals surface area contributed by atoms with Crippen molar-refractivity contribution in [1.82, 2.24) is 15.1 Å². The summed E-state index contributed by atoms with van der Waals surface area (Å²) in [6.45, 7) is 5.37. The van der Waals surface area contributed by atoms with Gasteiger partial charge in [0.1, 0.15) is 0 Å². The molecule has 116 valence electrons. The molecule has 2 fully saturated rings. The molecule has 1 amide bonds. The number of rotatable bonds is 5. The third-order valence-corrected chi connectivity index (χ3v) is 4.71. The molecule has 0 saturated carbocycles. The van der Waals surface area contributed by atoms with Crippen molar-refractivity contribution in [2.24, 2.45) is 5.41 Å². The summed E-state index contributed by atoms with van der Waals surface area (Å²) >= 11 is 0. The zero-order chi connectivity index (χ0) is 14.7. The van der Waals surface area contributed by atoms with Gasteiger partial charge in [0.25, 0.3) is 0 Å². The van der Waals surface area contributed by atoms with Crippen molar-refractivity contribution in [3.8, 4) is 0 Å². The second-order valence-electron chi connectivity index (χ2n) is 6.10. The number of nitrogens with one attached hydrogen (secondary N) is 2. The van der Waals surface area contributed by atoms with Crippen LogP contribution in [0, 0.1) is 5.41 Å². The van der Waals surface area contributed by atoms with Crippen LogP contribution in [0.3, 0.4) is 0 Å². The van der Waals surface area contributed by atoms with Crippen LogP contribution in [-0.2, 0) is 16.1 Å². The molecule has 2 aliphatic rings. The fourth-order valence-electron chi connectivity index (χ4n) is 3.19. The van der Waals surface area contributed by atoms with E-state index in [1.807, 2.05) is 10.9 Å². The summed E-state index contributed by atoms with van der Waals surface area (Å²) in [6.07, 6.45) is 7.85. The summed E-state index contributed by atoms with van der Waals surface area (Å²) in [6, 6.07) is 0. The van der Waals surface area contributed by atoms with Crippen molar-refractivity contribution >= 4 is 11.6 Å². The molecule has 6 heteroatoms. The molecule has 2 atom stereocenters. The Labute approximate surface area is 125 Å². The van der Waals surface area contributed by atoms with E-state index in [0.717, 1.165) is 57.6 Å². The normalized spacial score (nSPS) is 28.9. The predicted octanol–water partition coefficient (Wildman–Crippen LogP) is 1.39. The predicted molar refractivity (Wildman–Crippen MR) is 80.0 cm³/mol. The van der Waals surface area contributed by atoms with E-state index >= 15 is 0 Å². The van der Waals surface area contributed by atoms with E-state index in [-0.39, 0.29) is 17.4 Å². The van der Waals surface area contributed by atoms with Crippen LogP contribution < -0.4 is 10.6 Å². The highest BCUT2D eigenvalue weighted by Gasteiger charge is 2.39. The maximum absolute atomic E-state index is 12.5. The van der Waals surface area contributed by atoms with Crippen molar-refractivity contribution in [1.29, 1.82) is 0 Å². The van der Waals surface area contributed by atoms with E-state index in [1.54, 1.807) is 6.20 Å². The Kier molecular flexibility index (Phi) is 4.26. The molecule has 2 saturated heterocycles. The Morgan fingerprint density at radius 3 is 3.24 bits per heavy atom. The minimum Gasteiger partial charge on any atom is -0.376 e. The topological polar surface area (TPSA) is 68.2 Å². The molecule has 0 aromatic carbocycles. The highest BCUT2D eigenvalue weighted by molar-refractivity contribution is 5.95. The third kappa shape index (κ3) is 3.11. The van der Waals surface area contributed by atoms with Gasteiger partial charge in [-0.1, -0.05) is 6.92 Å². The van der Waals surface area contributed by atoms with Gasteiger partial charge in [0.2, 0.25) is 5.91 Å². The standard InChI is InChI=1S/C15H24N4O2/c1-2-15(5-6-16-11-15)14(20)18-12-8-17-19(9-12)10-13-4-3-7-21-13/h8-9,13,16H,2-7,10-11H2,1H3,(H,18,20). The Hall–Kier alpha value is -1.40. The maximum Gasteiger partial charge on any atom is 0.232 e. The summed E-state index contributed by atoms with van der Waals surface area (Å²) in [7, 11) is 0. The molecule has 2 N–H and O–H groups in total. The van der Waals surface area contributed by atoms with E-state index in [2.05, 4.69) is 22.7 Å². The number of carbonyl (C=O) groups is 1. The number of hydrogen-bond acceptors (Lipinski definition) is 4. The second kappa shape index (κ2) is 6.15. The maximum atomic E-state index is 12.5. The van der Waals surface area contributed by atoms with Crippen LogP contribution in [0.15, 0.2) is 12.4 Å². The zero-order valence-corrected chi connectivity index (χ0v) is 12.6. The molecule has 0 spiro atoms. The van der Waals surface area contributed by atoms with Crippen molar-refractivity contribution in [3.05, 3.63) is 12.4 Å². The smallest absolute Gasteiger partial charge is 0.232 e. The highest BCUT2D eigenvalue weighted by Crippen LogP contribution is 2.30. The largest absolute Gasteiger partial charge is 0.376 e. The van der Waals surface area contributed by atoms with Crippen molar-refractivity contribution in [2.75, 3.05) is 25.0 Å². The van der Waals surface area contributed by atoms with Gasteiger partial charge in [-0.3, -0.25) is 9.48 Å². The molecule has 0 aliphatic carbocycles. The monoisotopic (exact) mass is 292 g/mol. The van der Waals surface area contributed by atoms with Crippen LogP contribution in [-0.4, -0.2) is 41.5 Å². The van der Waals surface area contributed by atoms with Gasteiger partial charge in [-0.25, -0.2) is 0 Å². The Morgan fingerprint density at radius 2 is 2.57 bits per heavy atom. The Morgan fingerprint density at radius 1 is 1.67 bits per heavy atom. The lowest BCUT2D eigenvalue weighted by molar-refractivity contribution is -0.124. The summed E-state index contributed by atoms with van der Waals surface area (Å²) in [4.78, 5) is 12.5. The van der Waals surface area contributed by atoms with Crippen LogP contribution >= 0.6 is 0 Å². The minimum atomic E-state index is -0.267. The summed E-state index contributed by atoms with van der Waals surface area (Å²) in [5.41, 5.74) is 0.508. The van der Waals surface area contributed by atoms with E-state index < -0.39 is 0 Å². The van der Waals surface area contributed by atoms with E-state index in [9.17, 15) is 4.79 Å². The summed E-state index contributed by atoms with van der Waals surface area (Å²) in [5.74, 6) is 0.103. The molecule has 1 aromatic rings. The number of carbonyl (C=O) groups excluding carboxylic acids is 1. The molecule has 21 heavy (non-hydrogen) atoms. The van der Waals surface area contributed by atoms with E-state index in [1.165, 1.54) is 0 Å². The van der Waals surface area contributed by atoms with Crippen LogP contribution in [0.2, 0.25) is 0 Å². The second-order valence-corrected chi connectivity index (χ2v) is 6.10. The van der Waals surface area contributed by atoms with Crippen LogP contribution in [0.5, 0.6) is 0 Å². The molecule has 1 aromatic heterocycles. The third-order valence-electron chi connectivity index (χ3n) is 4.71. The lowest BCUT2D eigenvalue weighted by Gasteiger charge is -2.24. The SMILES string of the molecule is CCC1(C(=O)Nc2cnn(CC3CCCO3)c2)CCNC1. The first kappa shape index (κ1) is 14.5. The van der Waals surface area contributed by atoms with Crippen molar-refractivity contribution in [3.63, 3.8) is 0 Å². The summed E-state index contributed by atoms with van der Waals surface area (Å²) < 4.78 is 7.46. The highest BCUT2D eigenvalue weighted by atomic mass is 16.5. The fraction of sp³-hybridized carbons (Fsp3) is 0.733. The number of ether oxygens (including phenoxy) is 1. The van der Waals surface area contributed by atoms with Gasteiger partial charge in [-0.2, -0.15) is 5.10 Å².